The minimum Gasteiger partial charge on any atom is -0.452 e. The lowest BCUT2D eigenvalue weighted by atomic mass is 9.96. The number of imide groups is 1. The molecule has 30 heavy (non-hydrogen) atoms. The first-order valence-corrected chi connectivity index (χ1v) is 10.8. The maximum absolute atomic E-state index is 12.5. The van der Waals surface area contributed by atoms with Gasteiger partial charge in [0, 0.05) is 19.1 Å². The van der Waals surface area contributed by atoms with Gasteiger partial charge in [0.1, 0.15) is 5.60 Å². The van der Waals surface area contributed by atoms with E-state index in [0.717, 1.165) is 32.1 Å². The summed E-state index contributed by atoms with van der Waals surface area (Å²) in [5, 5.41) is 5.03. The highest BCUT2D eigenvalue weighted by Gasteiger charge is 2.33. The molecule has 9 heteroatoms. The topological polar surface area (TPSA) is 114 Å². The molecule has 1 aliphatic carbocycles. The average molecular weight is 426 g/mol. The van der Waals surface area contributed by atoms with E-state index in [1.807, 2.05) is 0 Å². The number of nitrogens with zero attached hydrogens (tertiary/aromatic N) is 1. The monoisotopic (exact) mass is 425 g/mol. The number of hydrogen-bond acceptors (Lipinski definition) is 6. The predicted molar refractivity (Wildman–Crippen MR) is 110 cm³/mol. The first kappa shape index (κ1) is 24.0. The van der Waals surface area contributed by atoms with Crippen LogP contribution in [0.3, 0.4) is 0 Å². The highest BCUT2D eigenvalue weighted by molar-refractivity contribution is 5.97. The molecule has 2 N–H and O–H groups in total. The Morgan fingerprint density at radius 1 is 1.00 bits per heavy atom. The minimum absolute atomic E-state index is 0.0745. The van der Waals surface area contributed by atoms with Gasteiger partial charge in [-0.1, -0.05) is 19.3 Å². The van der Waals surface area contributed by atoms with E-state index in [1.54, 1.807) is 20.8 Å². The van der Waals surface area contributed by atoms with E-state index >= 15 is 0 Å². The van der Waals surface area contributed by atoms with Crippen LogP contribution in [0.5, 0.6) is 0 Å². The van der Waals surface area contributed by atoms with Crippen LogP contribution < -0.4 is 10.6 Å². The molecule has 170 valence electrons. The number of urea groups is 1. The van der Waals surface area contributed by atoms with E-state index < -0.39 is 41.6 Å². The molecule has 4 amide bonds. The Hall–Kier alpha value is -2.32. The smallest absolute Gasteiger partial charge is 0.410 e. The molecule has 2 atom stereocenters. The number of carbonyl (C=O) groups excluding carboxylic acids is 4. The Balaban J connectivity index is 1.78. The first-order chi connectivity index (χ1) is 14.0. The van der Waals surface area contributed by atoms with Gasteiger partial charge in [-0.05, 0) is 53.4 Å². The van der Waals surface area contributed by atoms with Crippen molar-refractivity contribution in [1.82, 2.24) is 15.5 Å². The molecule has 2 unspecified atom stereocenters. The van der Waals surface area contributed by atoms with Crippen molar-refractivity contribution < 1.29 is 28.7 Å². The van der Waals surface area contributed by atoms with Gasteiger partial charge in [0.05, 0.1) is 5.92 Å². The van der Waals surface area contributed by atoms with Gasteiger partial charge in [-0.15, -0.1) is 0 Å². The summed E-state index contributed by atoms with van der Waals surface area (Å²) >= 11 is 0. The van der Waals surface area contributed by atoms with Crippen molar-refractivity contribution >= 4 is 24.0 Å². The number of amides is 4. The molecular formula is C21H35N3O6. The van der Waals surface area contributed by atoms with E-state index in [2.05, 4.69) is 10.6 Å². The lowest BCUT2D eigenvalue weighted by Gasteiger charge is -2.33. The molecule has 0 bridgehead atoms. The van der Waals surface area contributed by atoms with Crippen molar-refractivity contribution in [3.63, 3.8) is 0 Å². The van der Waals surface area contributed by atoms with Crippen molar-refractivity contribution in [2.24, 2.45) is 5.92 Å². The molecule has 0 spiro atoms. The highest BCUT2D eigenvalue weighted by atomic mass is 16.6. The first-order valence-electron chi connectivity index (χ1n) is 10.8. The van der Waals surface area contributed by atoms with Crippen LogP contribution in [0.4, 0.5) is 9.59 Å². The quantitative estimate of drug-likeness (QED) is 0.670. The molecule has 2 fully saturated rings. The molecular weight excluding hydrogens is 390 g/mol. The molecule has 0 aromatic rings. The molecule has 0 aromatic carbocycles. The average Bonchev–Trinajstić information content (AvgIpc) is 2.67. The van der Waals surface area contributed by atoms with Crippen molar-refractivity contribution in [3.05, 3.63) is 0 Å². The van der Waals surface area contributed by atoms with E-state index in [1.165, 1.54) is 11.8 Å². The zero-order valence-electron chi connectivity index (χ0n) is 18.5. The number of piperidine rings is 1. The van der Waals surface area contributed by atoms with Crippen LogP contribution in [0.2, 0.25) is 0 Å². The molecule has 0 radical (unpaired) electrons. The lowest BCUT2D eigenvalue weighted by Crippen LogP contribution is -2.49. The molecule has 2 rings (SSSR count). The number of nitrogens with one attached hydrogen (secondary N) is 2. The fourth-order valence-electron chi connectivity index (χ4n) is 3.67. The third-order valence-electron chi connectivity index (χ3n) is 5.25. The largest absolute Gasteiger partial charge is 0.452 e. The Labute approximate surface area is 178 Å². The lowest BCUT2D eigenvalue weighted by molar-refractivity contribution is -0.159. The highest BCUT2D eigenvalue weighted by Crippen LogP contribution is 2.21. The Bertz CT molecular complexity index is 639. The van der Waals surface area contributed by atoms with Gasteiger partial charge in [-0.2, -0.15) is 0 Å². The van der Waals surface area contributed by atoms with Crippen LogP contribution in [-0.2, 0) is 19.1 Å². The van der Waals surface area contributed by atoms with E-state index in [4.69, 9.17) is 9.47 Å². The summed E-state index contributed by atoms with van der Waals surface area (Å²) in [5.74, 6) is -1.76. The number of esters is 1. The molecule has 1 saturated heterocycles. The molecule has 9 nitrogen and oxygen atoms in total. The Kier molecular flexibility index (Phi) is 8.49. The van der Waals surface area contributed by atoms with Gasteiger partial charge in [-0.25, -0.2) is 9.59 Å². The number of ether oxygens (including phenoxy) is 2. The molecule has 1 saturated carbocycles. The van der Waals surface area contributed by atoms with E-state index in [9.17, 15) is 19.2 Å². The van der Waals surface area contributed by atoms with Crippen molar-refractivity contribution in [2.45, 2.75) is 90.4 Å². The van der Waals surface area contributed by atoms with Crippen molar-refractivity contribution in [2.75, 3.05) is 13.1 Å². The SMILES string of the molecule is CC(OC(=O)C1CCCN(C(=O)OC(C)(C)C)C1)C(=O)NC(=O)NC1CCCCC1. The molecule has 0 aromatic heterocycles. The zero-order valence-corrected chi connectivity index (χ0v) is 18.5. The fourth-order valence-corrected chi connectivity index (χ4v) is 3.67. The van der Waals surface area contributed by atoms with Crippen LogP contribution in [-0.4, -0.2) is 59.7 Å². The van der Waals surface area contributed by atoms with Crippen molar-refractivity contribution in [1.29, 1.82) is 0 Å². The fraction of sp³-hybridized carbons (Fsp3) is 0.810. The molecule has 1 heterocycles. The summed E-state index contributed by atoms with van der Waals surface area (Å²) in [6.07, 6.45) is 4.74. The van der Waals surface area contributed by atoms with Gasteiger partial charge in [0.15, 0.2) is 6.10 Å². The third kappa shape index (κ3) is 7.84. The molecule has 2 aliphatic rings. The Morgan fingerprint density at radius 3 is 2.30 bits per heavy atom. The minimum atomic E-state index is -1.11. The number of rotatable bonds is 4. The normalized spacial score (nSPS) is 21.3. The second-order valence-electron chi connectivity index (χ2n) is 9.14. The standard InChI is InChI=1S/C21H35N3O6/c1-14(17(25)23-19(27)22-16-10-6-5-7-11-16)29-18(26)15-9-8-12-24(13-15)20(28)30-21(2,3)4/h14-16H,5-13H2,1-4H3,(H2,22,23,25,27). The predicted octanol–water partition coefficient (Wildman–Crippen LogP) is 2.72. The second-order valence-corrected chi connectivity index (χ2v) is 9.14. The second kappa shape index (κ2) is 10.6. The summed E-state index contributed by atoms with van der Waals surface area (Å²) < 4.78 is 10.6. The van der Waals surface area contributed by atoms with Crippen LogP contribution in [0, 0.1) is 5.92 Å². The van der Waals surface area contributed by atoms with Gasteiger partial charge >= 0.3 is 18.1 Å². The van der Waals surface area contributed by atoms with Crippen molar-refractivity contribution in [3.8, 4) is 0 Å². The van der Waals surface area contributed by atoms with Gasteiger partial charge in [-0.3, -0.25) is 14.9 Å². The van der Waals surface area contributed by atoms with Gasteiger partial charge in [0.2, 0.25) is 0 Å². The van der Waals surface area contributed by atoms with Crippen LogP contribution in [0.25, 0.3) is 0 Å². The zero-order chi connectivity index (χ0) is 22.3. The van der Waals surface area contributed by atoms with Crippen LogP contribution in [0.15, 0.2) is 0 Å². The van der Waals surface area contributed by atoms with E-state index in [-0.39, 0.29) is 12.6 Å². The third-order valence-corrected chi connectivity index (χ3v) is 5.25. The Morgan fingerprint density at radius 2 is 1.67 bits per heavy atom. The maximum Gasteiger partial charge on any atom is 0.410 e. The number of carbonyl (C=O) groups is 4. The summed E-state index contributed by atoms with van der Waals surface area (Å²) in [7, 11) is 0. The maximum atomic E-state index is 12.5. The van der Waals surface area contributed by atoms with Gasteiger partial charge in [0.25, 0.3) is 5.91 Å². The summed E-state index contributed by atoms with van der Waals surface area (Å²) in [4.78, 5) is 50.4. The van der Waals surface area contributed by atoms with Crippen LogP contribution >= 0.6 is 0 Å². The van der Waals surface area contributed by atoms with Crippen LogP contribution in [0.1, 0.15) is 72.6 Å². The summed E-state index contributed by atoms with van der Waals surface area (Å²) in [6.45, 7) is 7.47. The van der Waals surface area contributed by atoms with Gasteiger partial charge < -0.3 is 19.7 Å². The number of hydrogen-bond donors (Lipinski definition) is 2. The van der Waals surface area contributed by atoms with E-state index in [0.29, 0.717) is 19.4 Å². The molecule has 1 aliphatic heterocycles. The summed E-state index contributed by atoms with van der Waals surface area (Å²) in [6, 6.07) is -0.492. The number of likely N-dealkylation sites (tertiary alicyclic amines) is 1. The summed E-state index contributed by atoms with van der Waals surface area (Å²) in [5.41, 5.74) is -0.616.